The van der Waals surface area contributed by atoms with Crippen LogP contribution in [-0.4, -0.2) is 63.8 Å². The highest BCUT2D eigenvalue weighted by Crippen LogP contribution is 2.27. The number of carbonyl (C=O) groups excluding carboxylic acids is 3. The number of ether oxygens (including phenoxy) is 2. The third-order valence-electron chi connectivity index (χ3n) is 6.22. The normalized spacial score (nSPS) is 16.8. The highest BCUT2D eigenvalue weighted by atomic mass is 35.5. The van der Waals surface area contributed by atoms with Crippen molar-refractivity contribution in [2.45, 2.75) is 44.9 Å². The number of amides is 3. The van der Waals surface area contributed by atoms with E-state index in [2.05, 4.69) is 10.3 Å². The summed E-state index contributed by atoms with van der Waals surface area (Å²) in [6.07, 6.45) is 2.57. The van der Waals surface area contributed by atoms with E-state index in [9.17, 15) is 19.2 Å². The molecule has 1 fully saturated rings. The lowest BCUT2D eigenvalue weighted by Gasteiger charge is -2.26. The SMILES string of the molecule is COC1CC(C(=O)Nc2ccc(-n3cccc(C(=O)OC(C)(C)C)c3=O)cc2F)N(C(=O)N(Cl)c2ccccn2)C1. The van der Waals surface area contributed by atoms with Crippen LogP contribution in [0, 0.1) is 5.82 Å². The summed E-state index contributed by atoms with van der Waals surface area (Å²) < 4.78 is 27.7. The molecule has 2 aromatic heterocycles. The van der Waals surface area contributed by atoms with Crippen LogP contribution < -0.4 is 15.3 Å². The van der Waals surface area contributed by atoms with Crippen LogP contribution in [0.25, 0.3) is 5.69 Å². The number of nitrogens with zero attached hydrogens (tertiary/aromatic N) is 4. The Morgan fingerprint density at radius 2 is 1.90 bits per heavy atom. The number of esters is 1. The average molecular weight is 586 g/mol. The number of halogens is 2. The summed E-state index contributed by atoms with van der Waals surface area (Å²) in [6, 6.07) is 9.71. The van der Waals surface area contributed by atoms with Crippen LogP contribution in [0.1, 0.15) is 37.6 Å². The summed E-state index contributed by atoms with van der Waals surface area (Å²) in [5.74, 6) is -2.12. The minimum absolute atomic E-state index is 0.0851. The maximum atomic E-state index is 15.2. The van der Waals surface area contributed by atoms with E-state index < -0.39 is 47.0 Å². The van der Waals surface area contributed by atoms with Crippen molar-refractivity contribution in [1.82, 2.24) is 14.5 Å². The first-order valence-electron chi connectivity index (χ1n) is 12.7. The van der Waals surface area contributed by atoms with Gasteiger partial charge < -0.3 is 19.7 Å². The Balaban J connectivity index is 1.54. The van der Waals surface area contributed by atoms with Gasteiger partial charge in [0.05, 0.1) is 17.5 Å². The minimum Gasteiger partial charge on any atom is -0.456 e. The van der Waals surface area contributed by atoms with E-state index in [1.165, 1.54) is 54.7 Å². The monoisotopic (exact) mass is 585 g/mol. The lowest BCUT2D eigenvalue weighted by molar-refractivity contribution is -0.119. The van der Waals surface area contributed by atoms with E-state index in [1.807, 2.05) is 0 Å². The standard InChI is InChI=1S/C28H29ClFN5O6/c1-28(2,3)41-26(38)19-8-7-13-33(25(19)37)17-10-11-21(20(30)14-17)32-24(36)22-15-18(40-4)16-34(22)27(39)35(29)23-9-5-6-12-31-23/h5-14,18,22H,15-16H2,1-4H3,(H,32,36). The van der Waals surface area contributed by atoms with Gasteiger partial charge in [0, 0.05) is 50.3 Å². The summed E-state index contributed by atoms with van der Waals surface area (Å²) >= 11 is 6.22. The van der Waals surface area contributed by atoms with Gasteiger partial charge in [-0.2, -0.15) is 4.42 Å². The number of likely N-dealkylation sites (tertiary alicyclic amines) is 1. The van der Waals surface area contributed by atoms with Gasteiger partial charge in [-0.1, -0.05) is 6.07 Å². The number of carbonyl (C=O) groups is 3. The van der Waals surface area contributed by atoms with Gasteiger partial charge >= 0.3 is 12.0 Å². The quantitative estimate of drug-likeness (QED) is 0.341. The molecule has 2 unspecified atom stereocenters. The van der Waals surface area contributed by atoms with Crippen LogP contribution in [0.2, 0.25) is 0 Å². The molecule has 1 N–H and O–H groups in total. The molecular formula is C28H29ClFN5O6. The van der Waals surface area contributed by atoms with Gasteiger partial charge in [-0.15, -0.1) is 0 Å². The fourth-order valence-electron chi connectivity index (χ4n) is 4.27. The lowest BCUT2D eigenvalue weighted by Crippen LogP contribution is -2.47. The molecule has 1 aliphatic heterocycles. The number of rotatable bonds is 6. The molecule has 13 heteroatoms. The number of nitrogens with one attached hydrogen (secondary N) is 1. The first-order valence-corrected chi connectivity index (χ1v) is 13.0. The van der Waals surface area contributed by atoms with Gasteiger partial charge in [-0.3, -0.25) is 14.2 Å². The number of pyridine rings is 2. The number of hydrogen-bond acceptors (Lipinski definition) is 7. The van der Waals surface area contributed by atoms with Crippen molar-refractivity contribution in [3.8, 4) is 5.69 Å². The van der Waals surface area contributed by atoms with Crippen LogP contribution in [0.15, 0.2) is 65.7 Å². The molecule has 0 spiro atoms. The van der Waals surface area contributed by atoms with Crippen molar-refractivity contribution < 1.29 is 28.2 Å². The molecule has 11 nitrogen and oxygen atoms in total. The number of hydrogen-bond donors (Lipinski definition) is 1. The Bertz CT molecular complexity index is 1510. The Morgan fingerprint density at radius 3 is 2.54 bits per heavy atom. The number of methoxy groups -OCH3 is 1. The van der Waals surface area contributed by atoms with Gasteiger partial charge in [0.2, 0.25) is 5.91 Å². The zero-order chi connectivity index (χ0) is 29.9. The van der Waals surface area contributed by atoms with Gasteiger partial charge in [-0.05, 0) is 57.2 Å². The van der Waals surface area contributed by atoms with E-state index in [-0.39, 0.29) is 35.7 Å². The van der Waals surface area contributed by atoms with E-state index in [1.54, 1.807) is 32.9 Å². The fraction of sp³-hybridized carbons (Fsp3) is 0.321. The summed E-state index contributed by atoms with van der Waals surface area (Å²) in [7, 11) is 1.46. The summed E-state index contributed by atoms with van der Waals surface area (Å²) in [5.41, 5.74) is -1.75. The Hall–Kier alpha value is -4.29. The molecule has 216 valence electrons. The number of benzene rings is 1. The zero-order valence-electron chi connectivity index (χ0n) is 22.8. The van der Waals surface area contributed by atoms with E-state index >= 15 is 4.39 Å². The molecule has 3 amide bonds. The van der Waals surface area contributed by atoms with Crippen molar-refractivity contribution in [3.63, 3.8) is 0 Å². The first-order chi connectivity index (χ1) is 19.4. The molecule has 0 saturated carbocycles. The van der Waals surface area contributed by atoms with Crippen LogP contribution >= 0.6 is 11.8 Å². The number of urea groups is 1. The molecule has 1 saturated heterocycles. The van der Waals surface area contributed by atoms with Crippen LogP contribution in [0.4, 0.5) is 20.7 Å². The molecule has 0 radical (unpaired) electrons. The van der Waals surface area contributed by atoms with E-state index in [0.717, 1.165) is 15.1 Å². The Kier molecular flexibility index (Phi) is 8.74. The topological polar surface area (TPSA) is 123 Å². The fourth-order valence-corrected chi connectivity index (χ4v) is 4.46. The molecule has 1 aromatic carbocycles. The van der Waals surface area contributed by atoms with Crippen molar-refractivity contribution in [2.75, 3.05) is 23.4 Å². The number of aromatic nitrogens is 2. The summed E-state index contributed by atoms with van der Waals surface area (Å²) in [5, 5.41) is 2.51. The second kappa shape index (κ2) is 12.1. The zero-order valence-corrected chi connectivity index (χ0v) is 23.6. The largest absolute Gasteiger partial charge is 0.456 e. The van der Waals surface area contributed by atoms with Crippen LogP contribution in [0.3, 0.4) is 0 Å². The molecule has 4 rings (SSSR count). The van der Waals surface area contributed by atoms with Gasteiger partial charge in [-0.25, -0.2) is 19.0 Å². The van der Waals surface area contributed by atoms with Crippen molar-refractivity contribution in [2.24, 2.45) is 0 Å². The molecular weight excluding hydrogens is 557 g/mol. The van der Waals surface area contributed by atoms with Gasteiger partial charge in [0.1, 0.15) is 23.0 Å². The summed E-state index contributed by atoms with van der Waals surface area (Å²) in [4.78, 5) is 57.1. The molecule has 3 aromatic rings. The van der Waals surface area contributed by atoms with Crippen LogP contribution in [0.5, 0.6) is 0 Å². The van der Waals surface area contributed by atoms with Gasteiger partial charge in [0.25, 0.3) is 5.56 Å². The van der Waals surface area contributed by atoms with E-state index in [4.69, 9.17) is 21.3 Å². The molecule has 0 bridgehead atoms. The smallest absolute Gasteiger partial charge is 0.344 e. The number of anilines is 2. The predicted octanol–water partition coefficient (Wildman–Crippen LogP) is 4.14. The third-order valence-corrected chi connectivity index (χ3v) is 6.54. The molecule has 2 atom stereocenters. The predicted molar refractivity (Wildman–Crippen MR) is 150 cm³/mol. The maximum Gasteiger partial charge on any atom is 0.344 e. The second-order valence-corrected chi connectivity index (χ2v) is 10.6. The van der Waals surface area contributed by atoms with Crippen LogP contribution in [-0.2, 0) is 14.3 Å². The van der Waals surface area contributed by atoms with Crippen molar-refractivity contribution in [1.29, 1.82) is 0 Å². The first kappa shape index (κ1) is 29.7. The highest BCUT2D eigenvalue weighted by Gasteiger charge is 2.42. The van der Waals surface area contributed by atoms with Crippen molar-refractivity contribution in [3.05, 3.63) is 82.7 Å². The lowest BCUT2D eigenvalue weighted by atomic mass is 10.1. The highest BCUT2D eigenvalue weighted by molar-refractivity contribution is 6.36. The molecule has 1 aliphatic rings. The summed E-state index contributed by atoms with van der Waals surface area (Å²) in [6.45, 7) is 5.12. The molecule has 0 aliphatic carbocycles. The third kappa shape index (κ3) is 6.72. The second-order valence-electron chi connectivity index (χ2n) is 10.3. The van der Waals surface area contributed by atoms with Gasteiger partial charge in [0.15, 0.2) is 5.82 Å². The Morgan fingerprint density at radius 1 is 1.15 bits per heavy atom. The Labute approximate surface area is 240 Å². The molecule has 41 heavy (non-hydrogen) atoms. The maximum absolute atomic E-state index is 15.2. The average Bonchev–Trinajstić information content (AvgIpc) is 3.38. The molecule has 3 heterocycles. The minimum atomic E-state index is -1.01. The van der Waals surface area contributed by atoms with Crippen molar-refractivity contribution >= 4 is 41.2 Å². The van der Waals surface area contributed by atoms with E-state index in [0.29, 0.717) is 0 Å².